The monoisotopic (exact) mass is 422 g/mol. The minimum absolute atomic E-state index is 0.274. The Morgan fingerprint density at radius 3 is 2.41 bits per heavy atom. The fraction of sp³-hybridized carbons (Fsp3) is 0.207. The molecule has 3 nitrogen and oxygen atoms in total. The molecule has 0 fully saturated rings. The lowest BCUT2D eigenvalue weighted by atomic mass is 9.74. The van der Waals surface area contributed by atoms with Crippen LogP contribution in [0.4, 0.5) is 0 Å². The van der Waals surface area contributed by atoms with E-state index in [1.54, 1.807) is 19.6 Å². The second kappa shape index (κ2) is 8.88. The zero-order chi connectivity index (χ0) is 21.9. The summed E-state index contributed by atoms with van der Waals surface area (Å²) in [7, 11) is 1.74. The van der Waals surface area contributed by atoms with Gasteiger partial charge >= 0.3 is 0 Å². The number of carbonyl (C=O) groups is 1. The molecule has 0 bridgehead atoms. The van der Waals surface area contributed by atoms with Gasteiger partial charge in [-0.05, 0) is 76.8 Å². The Morgan fingerprint density at radius 2 is 1.62 bits per heavy atom. The molecule has 6 rings (SSSR count). The molecule has 0 saturated carbocycles. The second-order valence-corrected chi connectivity index (χ2v) is 8.36. The van der Waals surface area contributed by atoms with Crippen molar-refractivity contribution in [3.8, 4) is 16.9 Å². The molecule has 0 N–H and O–H groups in total. The summed E-state index contributed by atoms with van der Waals surface area (Å²) in [4.78, 5) is 13.0. The van der Waals surface area contributed by atoms with Crippen LogP contribution in [0, 0.1) is 0 Å². The standard InChI is InChI=1S/C25H22O2.C4H4O/c1-27-24-9-5-4-8-20(24)17-10-12-21-18(14-17)11-13-22-19-7-3-2-6-16(19)15-23(26)25(21)22;1-2-4-5-3-1/h2-9,11,13,17H,10,12,14-15H2,1H3;1-4H. The predicted octanol–water partition coefficient (Wildman–Crippen LogP) is 6.65. The van der Waals surface area contributed by atoms with Gasteiger partial charge in [0.25, 0.3) is 0 Å². The molecule has 2 aliphatic carbocycles. The van der Waals surface area contributed by atoms with E-state index in [4.69, 9.17) is 4.74 Å². The zero-order valence-electron chi connectivity index (χ0n) is 18.2. The van der Waals surface area contributed by atoms with Crippen LogP contribution in [0.2, 0.25) is 0 Å². The molecular weight excluding hydrogens is 396 g/mol. The van der Waals surface area contributed by atoms with Crippen LogP contribution in [-0.2, 0) is 19.3 Å². The van der Waals surface area contributed by atoms with E-state index in [9.17, 15) is 4.79 Å². The topological polar surface area (TPSA) is 39.4 Å². The number of carbonyl (C=O) groups excluding carboxylic acids is 1. The predicted molar refractivity (Wildman–Crippen MR) is 126 cm³/mol. The zero-order valence-corrected chi connectivity index (χ0v) is 18.2. The SMILES string of the molecule is COc1ccccc1C1CCc2c(ccc3c2C(=O)Cc2ccccc2-3)C1.c1ccoc1. The number of hydrogen-bond acceptors (Lipinski definition) is 3. The number of fused-ring (bicyclic) bond motifs is 5. The van der Waals surface area contributed by atoms with Crippen LogP contribution in [0.5, 0.6) is 5.75 Å². The molecule has 2 aliphatic rings. The maximum absolute atomic E-state index is 13.0. The summed E-state index contributed by atoms with van der Waals surface area (Å²) < 4.78 is 10.2. The maximum Gasteiger partial charge on any atom is 0.168 e. The van der Waals surface area contributed by atoms with Crippen molar-refractivity contribution < 1.29 is 13.9 Å². The van der Waals surface area contributed by atoms with Gasteiger partial charge in [-0.3, -0.25) is 4.79 Å². The summed E-state index contributed by atoms with van der Waals surface area (Å²) in [5.41, 5.74) is 8.35. The first kappa shape index (κ1) is 20.3. The lowest BCUT2D eigenvalue weighted by Crippen LogP contribution is -2.21. The highest BCUT2D eigenvalue weighted by molar-refractivity contribution is 6.08. The van der Waals surface area contributed by atoms with Gasteiger partial charge in [0.2, 0.25) is 0 Å². The van der Waals surface area contributed by atoms with Crippen LogP contribution in [0.15, 0.2) is 89.7 Å². The Hall–Kier alpha value is -3.59. The molecular formula is C29H26O3. The fourth-order valence-electron chi connectivity index (χ4n) is 5.09. The Labute approximate surface area is 188 Å². The molecule has 160 valence electrons. The van der Waals surface area contributed by atoms with E-state index < -0.39 is 0 Å². The molecule has 32 heavy (non-hydrogen) atoms. The van der Waals surface area contributed by atoms with Crippen molar-refractivity contribution >= 4 is 5.78 Å². The van der Waals surface area contributed by atoms with E-state index in [-0.39, 0.29) is 5.78 Å². The van der Waals surface area contributed by atoms with Crippen molar-refractivity contribution in [1.29, 1.82) is 0 Å². The van der Waals surface area contributed by atoms with Crippen LogP contribution in [0.25, 0.3) is 11.1 Å². The summed E-state index contributed by atoms with van der Waals surface area (Å²) >= 11 is 0. The van der Waals surface area contributed by atoms with Gasteiger partial charge in [0.1, 0.15) is 5.75 Å². The number of rotatable bonds is 2. The summed E-state index contributed by atoms with van der Waals surface area (Å²) in [6.45, 7) is 0. The highest BCUT2D eigenvalue weighted by Gasteiger charge is 2.30. The lowest BCUT2D eigenvalue weighted by molar-refractivity contribution is 0.0990. The molecule has 1 aromatic heterocycles. The number of para-hydroxylation sites is 1. The number of Topliss-reactive ketones (excluding diaryl/α,β-unsaturated/α-hetero) is 1. The van der Waals surface area contributed by atoms with Gasteiger partial charge in [-0.1, -0.05) is 54.6 Å². The number of furan rings is 1. The van der Waals surface area contributed by atoms with Crippen LogP contribution in [0.3, 0.4) is 0 Å². The third-order valence-corrected chi connectivity index (χ3v) is 6.56. The number of ketones is 1. The van der Waals surface area contributed by atoms with E-state index in [0.717, 1.165) is 41.7 Å². The number of methoxy groups -OCH3 is 1. The van der Waals surface area contributed by atoms with E-state index in [2.05, 4.69) is 46.9 Å². The molecule has 4 aromatic rings. The average Bonchev–Trinajstić information content (AvgIpc) is 3.44. The highest BCUT2D eigenvalue weighted by Crippen LogP contribution is 2.42. The molecule has 1 heterocycles. The molecule has 0 radical (unpaired) electrons. The van der Waals surface area contributed by atoms with Crippen LogP contribution < -0.4 is 4.74 Å². The van der Waals surface area contributed by atoms with Gasteiger partial charge in [-0.15, -0.1) is 0 Å². The van der Waals surface area contributed by atoms with E-state index >= 15 is 0 Å². The van der Waals surface area contributed by atoms with Crippen molar-refractivity contribution in [3.63, 3.8) is 0 Å². The number of benzene rings is 3. The van der Waals surface area contributed by atoms with Gasteiger partial charge < -0.3 is 9.15 Å². The molecule has 1 atom stereocenters. The minimum Gasteiger partial charge on any atom is -0.496 e. The summed E-state index contributed by atoms with van der Waals surface area (Å²) in [6.07, 6.45) is 6.75. The van der Waals surface area contributed by atoms with Crippen molar-refractivity contribution in [1.82, 2.24) is 0 Å². The van der Waals surface area contributed by atoms with Gasteiger partial charge in [0.15, 0.2) is 5.78 Å². The first-order chi connectivity index (χ1) is 15.8. The third-order valence-electron chi connectivity index (χ3n) is 6.56. The van der Waals surface area contributed by atoms with Crippen molar-refractivity contribution in [2.75, 3.05) is 7.11 Å². The minimum atomic E-state index is 0.274. The molecule has 3 aromatic carbocycles. The van der Waals surface area contributed by atoms with Crippen molar-refractivity contribution in [3.05, 3.63) is 113 Å². The molecule has 0 saturated heterocycles. The molecule has 0 amide bonds. The third kappa shape index (κ3) is 3.75. The van der Waals surface area contributed by atoms with E-state index in [1.165, 1.54) is 22.3 Å². The van der Waals surface area contributed by atoms with E-state index in [1.807, 2.05) is 30.3 Å². The molecule has 0 aliphatic heterocycles. The summed E-state index contributed by atoms with van der Waals surface area (Å²) in [5, 5.41) is 0. The van der Waals surface area contributed by atoms with Gasteiger partial charge in [0, 0.05) is 12.0 Å². The summed E-state index contributed by atoms with van der Waals surface area (Å²) in [6, 6.07) is 24.7. The number of ether oxygens (including phenoxy) is 1. The normalized spacial score (nSPS) is 16.2. The first-order valence-corrected chi connectivity index (χ1v) is 11.1. The average molecular weight is 423 g/mol. The Kier molecular flexibility index (Phi) is 5.64. The summed E-state index contributed by atoms with van der Waals surface area (Å²) in [5.74, 6) is 1.68. The van der Waals surface area contributed by atoms with Crippen LogP contribution >= 0.6 is 0 Å². The number of hydrogen-bond donors (Lipinski definition) is 0. The van der Waals surface area contributed by atoms with Crippen molar-refractivity contribution in [2.45, 2.75) is 31.6 Å². The van der Waals surface area contributed by atoms with Crippen molar-refractivity contribution in [2.24, 2.45) is 0 Å². The van der Waals surface area contributed by atoms with Gasteiger partial charge in [-0.25, -0.2) is 0 Å². The molecule has 1 unspecified atom stereocenters. The van der Waals surface area contributed by atoms with E-state index in [0.29, 0.717) is 12.3 Å². The maximum atomic E-state index is 13.0. The fourth-order valence-corrected chi connectivity index (χ4v) is 5.09. The first-order valence-electron chi connectivity index (χ1n) is 11.1. The Bertz CT molecular complexity index is 1220. The lowest BCUT2D eigenvalue weighted by Gasteiger charge is -2.30. The molecule has 0 spiro atoms. The largest absolute Gasteiger partial charge is 0.496 e. The molecule has 3 heteroatoms. The second-order valence-electron chi connectivity index (χ2n) is 8.36. The Morgan fingerprint density at radius 1 is 0.844 bits per heavy atom. The van der Waals surface area contributed by atoms with Crippen LogP contribution in [0.1, 0.15) is 45.0 Å². The van der Waals surface area contributed by atoms with Crippen LogP contribution in [-0.4, -0.2) is 12.9 Å². The Balaban J connectivity index is 0.000000383. The van der Waals surface area contributed by atoms with Gasteiger partial charge in [0.05, 0.1) is 19.6 Å². The quantitative estimate of drug-likeness (QED) is 0.363. The smallest absolute Gasteiger partial charge is 0.168 e. The highest BCUT2D eigenvalue weighted by atomic mass is 16.5. The van der Waals surface area contributed by atoms with Gasteiger partial charge in [-0.2, -0.15) is 0 Å².